The van der Waals surface area contributed by atoms with Crippen LogP contribution in [0, 0.1) is 6.92 Å². The molecule has 1 aromatic carbocycles. The molecule has 0 amide bonds. The third kappa shape index (κ3) is 2.88. The van der Waals surface area contributed by atoms with E-state index in [9.17, 15) is 0 Å². The Morgan fingerprint density at radius 3 is 2.84 bits per heavy atom. The highest BCUT2D eigenvalue weighted by Gasteiger charge is 2.06. The second-order valence-electron chi connectivity index (χ2n) is 4.19. The molecule has 0 unspecified atom stereocenters. The van der Waals surface area contributed by atoms with Crippen LogP contribution in [0.3, 0.4) is 0 Å². The fourth-order valence-corrected chi connectivity index (χ4v) is 2.50. The van der Waals surface area contributed by atoms with Crippen LogP contribution in [-0.2, 0) is 5.75 Å². The lowest BCUT2D eigenvalue weighted by molar-refractivity contribution is 0.393. The number of benzene rings is 1. The molecule has 1 N–H and O–H groups in total. The van der Waals surface area contributed by atoms with Gasteiger partial charge >= 0.3 is 0 Å². The molecule has 5 heteroatoms. The summed E-state index contributed by atoms with van der Waals surface area (Å²) in [5.74, 6) is 1.58. The van der Waals surface area contributed by atoms with E-state index in [1.54, 1.807) is 11.8 Å². The standard InChI is InChI=1S/C14H13N3OS/c1-10-7-12(17-18-10)9-19-14-15-8-13(16-14)11-5-3-2-4-6-11/h2-8H,9H2,1H3,(H,15,16). The zero-order valence-electron chi connectivity index (χ0n) is 10.5. The predicted octanol–water partition coefficient (Wildman–Crippen LogP) is 3.67. The normalized spacial score (nSPS) is 10.8. The number of nitrogens with one attached hydrogen (secondary N) is 1. The van der Waals surface area contributed by atoms with Crippen LogP contribution in [0.5, 0.6) is 0 Å². The Balaban J connectivity index is 1.68. The van der Waals surface area contributed by atoms with Crippen molar-refractivity contribution in [2.24, 2.45) is 0 Å². The fourth-order valence-electron chi connectivity index (χ4n) is 1.77. The molecule has 0 bridgehead atoms. The molecule has 0 radical (unpaired) electrons. The molecule has 0 fully saturated rings. The topological polar surface area (TPSA) is 54.7 Å². The van der Waals surface area contributed by atoms with Gasteiger partial charge in [0.25, 0.3) is 0 Å². The Hall–Kier alpha value is -2.01. The second-order valence-corrected chi connectivity index (χ2v) is 5.15. The SMILES string of the molecule is Cc1cc(CSc2ncc(-c3ccccc3)[nH]2)no1. The fraction of sp³-hybridized carbons (Fsp3) is 0.143. The van der Waals surface area contributed by atoms with E-state index in [4.69, 9.17) is 4.52 Å². The van der Waals surface area contributed by atoms with E-state index in [1.807, 2.05) is 37.4 Å². The largest absolute Gasteiger partial charge is 0.361 e. The molecule has 0 spiro atoms. The summed E-state index contributed by atoms with van der Waals surface area (Å²) in [4.78, 5) is 7.66. The zero-order valence-corrected chi connectivity index (χ0v) is 11.3. The number of aromatic amines is 1. The van der Waals surface area contributed by atoms with Crippen molar-refractivity contribution in [2.45, 2.75) is 17.8 Å². The van der Waals surface area contributed by atoms with Crippen molar-refractivity contribution >= 4 is 11.8 Å². The monoisotopic (exact) mass is 271 g/mol. The number of aromatic nitrogens is 3. The highest BCUT2D eigenvalue weighted by Crippen LogP contribution is 2.23. The summed E-state index contributed by atoms with van der Waals surface area (Å²) in [6.07, 6.45) is 1.85. The molecular weight excluding hydrogens is 258 g/mol. The van der Waals surface area contributed by atoms with E-state index < -0.39 is 0 Å². The Bertz CT molecular complexity index is 660. The lowest BCUT2D eigenvalue weighted by Crippen LogP contribution is -1.81. The summed E-state index contributed by atoms with van der Waals surface area (Å²) in [6.45, 7) is 1.89. The van der Waals surface area contributed by atoms with Gasteiger partial charge < -0.3 is 9.51 Å². The first kappa shape index (κ1) is 12.0. The maximum Gasteiger partial charge on any atom is 0.166 e. The Morgan fingerprint density at radius 2 is 2.11 bits per heavy atom. The molecule has 0 saturated carbocycles. The third-order valence-corrected chi connectivity index (χ3v) is 3.59. The van der Waals surface area contributed by atoms with Crippen LogP contribution in [0.4, 0.5) is 0 Å². The van der Waals surface area contributed by atoms with Crippen LogP contribution in [0.1, 0.15) is 11.5 Å². The number of hydrogen-bond donors (Lipinski definition) is 1. The summed E-state index contributed by atoms with van der Waals surface area (Å²) in [5.41, 5.74) is 3.10. The molecular formula is C14H13N3OS. The molecule has 2 heterocycles. The van der Waals surface area contributed by atoms with Gasteiger partial charge in [-0.3, -0.25) is 0 Å². The van der Waals surface area contributed by atoms with Gasteiger partial charge in [0.2, 0.25) is 0 Å². The lowest BCUT2D eigenvalue weighted by atomic mass is 10.2. The molecule has 3 aromatic rings. The number of imidazole rings is 1. The first-order valence-corrected chi connectivity index (χ1v) is 6.95. The Morgan fingerprint density at radius 1 is 1.26 bits per heavy atom. The van der Waals surface area contributed by atoms with Crippen molar-refractivity contribution in [1.29, 1.82) is 0 Å². The van der Waals surface area contributed by atoms with Crippen LogP contribution in [0.15, 0.2) is 52.3 Å². The average Bonchev–Trinajstić information content (AvgIpc) is 3.06. The number of H-pyrrole nitrogens is 1. The van der Waals surface area contributed by atoms with Crippen LogP contribution in [-0.4, -0.2) is 15.1 Å². The maximum absolute atomic E-state index is 5.03. The summed E-state index contributed by atoms with van der Waals surface area (Å²) in [5, 5.41) is 4.85. The van der Waals surface area contributed by atoms with E-state index in [0.29, 0.717) is 0 Å². The molecule has 96 valence electrons. The van der Waals surface area contributed by atoms with E-state index in [2.05, 4.69) is 27.3 Å². The van der Waals surface area contributed by atoms with Crippen molar-refractivity contribution < 1.29 is 4.52 Å². The molecule has 0 saturated heterocycles. The predicted molar refractivity (Wildman–Crippen MR) is 74.8 cm³/mol. The second kappa shape index (κ2) is 5.32. The molecule has 0 aliphatic rings. The highest BCUT2D eigenvalue weighted by molar-refractivity contribution is 7.98. The Labute approximate surface area is 115 Å². The van der Waals surface area contributed by atoms with E-state index in [-0.39, 0.29) is 0 Å². The van der Waals surface area contributed by atoms with Crippen molar-refractivity contribution in [3.05, 3.63) is 54.0 Å². The molecule has 2 aromatic heterocycles. The van der Waals surface area contributed by atoms with E-state index in [0.717, 1.165) is 33.6 Å². The van der Waals surface area contributed by atoms with Crippen LogP contribution < -0.4 is 0 Å². The number of rotatable bonds is 4. The molecule has 3 rings (SSSR count). The zero-order chi connectivity index (χ0) is 13.1. The quantitative estimate of drug-likeness (QED) is 0.736. The minimum atomic E-state index is 0.749. The number of hydrogen-bond acceptors (Lipinski definition) is 4. The minimum absolute atomic E-state index is 0.749. The summed E-state index contributed by atoms with van der Waals surface area (Å²) < 4.78 is 5.03. The first-order chi connectivity index (χ1) is 9.31. The summed E-state index contributed by atoms with van der Waals surface area (Å²) >= 11 is 1.61. The van der Waals surface area contributed by atoms with Gasteiger partial charge in [0, 0.05) is 11.8 Å². The molecule has 0 aliphatic heterocycles. The van der Waals surface area contributed by atoms with Gasteiger partial charge in [0.15, 0.2) is 5.16 Å². The van der Waals surface area contributed by atoms with Crippen molar-refractivity contribution in [3.63, 3.8) is 0 Å². The van der Waals surface area contributed by atoms with E-state index in [1.165, 1.54) is 0 Å². The number of aryl methyl sites for hydroxylation is 1. The van der Waals surface area contributed by atoms with Gasteiger partial charge in [0.05, 0.1) is 17.6 Å². The minimum Gasteiger partial charge on any atom is -0.361 e. The average molecular weight is 271 g/mol. The van der Waals surface area contributed by atoms with Gasteiger partial charge in [0.1, 0.15) is 5.76 Å². The van der Waals surface area contributed by atoms with Crippen molar-refractivity contribution in [2.75, 3.05) is 0 Å². The van der Waals surface area contributed by atoms with Crippen LogP contribution >= 0.6 is 11.8 Å². The molecule has 19 heavy (non-hydrogen) atoms. The smallest absolute Gasteiger partial charge is 0.166 e. The van der Waals surface area contributed by atoms with Gasteiger partial charge in [-0.15, -0.1) is 0 Å². The van der Waals surface area contributed by atoms with Crippen molar-refractivity contribution in [1.82, 2.24) is 15.1 Å². The highest BCUT2D eigenvalue weighted by atomic mass is 32.2. The van der Waals surface area contributed by atoms with Gasteiger partial charge in [-0.2, -0.15) is 0 Å². The molecule has 0 atom stereocenters. The van der Waals surface area contributed by atoms with Gasteiger partial charge in [-0.1, -0.05) is 47.3 Å². The van der Waals surface area contributed by atoms with Gasteiger partial charge in [-0.05, 0) is 12.5 Å². The van der Waals surface area contributed by atoms with Gasteiger partial charge in [-0.25, -0.2) is 4.98 Å². The molecule has 0 aliphatic carbocycles. The van der Waals surface area contributed by atoms with Crippen molar-refractivity contribution in [3.8, 4) is 11.3 Å². The first-order valence-electron chi connectivity index (χ1n) is 5.97. The van der Waals surface area contributed by atoms with E-state index >= 15 is 0 Å². The summed E-state index contributed by atoms with van der Waals surface area (Å²) in [6, 6.07) is 12.1. The maximum atomic E-state index is 5.03. The number of thioether (sulfide) groups is 1. The Kier molecular flexibility index (Phi) is 3.37. The third-order valence-electron chi connectivity index (χ3n) is 2.67. The lowest BCUT2D eigenvalue weighted by Gasteiger charge is -1.96. The van der Waals surface area contributed by atoms with Crippen LogP contribution in [0.25, 0.3) is 11.3 Å². The van der Waals surface area contributed by atoms with Crippen LogP contribution in [0.2, 0.25) is 0 Å². The number of nitrogens with zero attached hydrogens (tertiary/aromatic N) is 2. The summed E-state index contributed by atoms with van der Waals surface area (Å²) in [7, 11) is 0. The molecule has 4 nitrogen and oxygen atoms in total.